The minimum atomic E-state index is -4.38. The number of hydrogen-bond donors (Lipinski definition) is 3. The van der Waals surface area contributed by atoms with Gasteiger partial charge in [-0.05, 0) is 49.3 Å². The zero-order valence-electron chi connectivity index (χ0n) is 14.2. The van der Waals surface area contributed by atoms with E-state index in [9.17, 15) is 28.2 Å². The summed E-state index contributed by atoms with van der Waals surface area (Å²) in [5, 5.41) is 29.3. The number of carboxylic acid groups (broad SMARTS) is 1. The molecule has 1 aliphatic rings. The highest BCUT2D eigenvalue weighted by atomic mass is 19.4. The molecule has 0 spiro atoms. The first-order valence-electron chi connectivity index (χ1n) is 8.54. The summed E-state index contributed by atoms with van der Waals surface area (Å²) in [6.07, 6.45) is 0.230. The Kier molecular flexibility index (Phi) is 6.47. The highest BCUT2D eigenvalue weighted by molar-refractivity contribution is 5.68. The lowest BCUT2D eigenvalue weighted by atomic mass is 9.76. The largest absolute Gasteiger partial charge is 0.481 e. The van der Waals surface area contributed by atoms with Crippen LogP contribution >= 0.6 is 0 Å². The monoisotopic (exact) mass is 372 g/mol. The summed E-state index contributed by atoms with van der Waals surface area (Å²) >= 11 is 0. The number of halogens is 3. The van der Waals surface area contributed by atoms with Crippen molar-refractivity contribution in [3.05, 3.63) is 47.5 Å². The molecule has 0 bridgehead atoms. The van der Waals surface area contributed by atoms with Gasteiger partial charge in [0, 0.05) is 6.42 Å². The number of aliphatic hydroxyl groups is 2. The lowest BCUT2D eigenvalue weighted by Gasteiger charge is -2.34. The molecule has 0 aliphatic heterocycles. The van der Waals surface area contributed by atoms with Gasteiger partial charge in [0.25, 0.3) is 0 Å². The highest BCUT2D eigenvalue weighted by Gasteiger charge is 2.35. The van der Waals surface area contributed by atoms with Crippen molar-refractivity contribution < 1.29 is 33.3 Å². The number of benzene rings is 1. The number of aliphatic carboxylic acids is 1. The maximum absolute atomic E-state index is 12.5. The van der Waals surface area contributed by atoms with Gasteiger partial charge in [-0.3, -0.25) is 4.79 Å². The number of rotatable bonds is 6. The van der Waals surface area contributed by atoms with Crippen LogP contribution < -0.4 is 0 Å². The Balaban J connectivity index is 1.90. The fourth-order valence-electron chi connectivity index (χ4n) is 3.42. The van der Waals surface area contributed by atoms with Crippen LogP contribution in [0.5, 0.6) is 0 Å². The Morgan fingerprint density at radius 2 is 1.96 bits per heavy atom. The van der Waals surface area contributed by atoms with E-state index in [1.807, 2.05) is 0 Å². The van der Waals surface area contributed by atoms with Crippen LogP contribution in [0.25, 0.3) is 0 Å². The van der Waals surface area contributed by atoms with Gasteiger partial charge in [-0.25, -0.2) is 0 Å². The quantitative estimate of drug-likeness (QED) is 0.668. The summed E-state index contributed by atoms with van der Waals surface area (Å²) in [5.74, 6) is -1.07. The molecule has 1 aromatic rings. The summed E-state index contributed by atoms with van der Waals surface area (Å²) in [4.78, 5) is 10.8. The van der Waals surface area contributed by atoms with Crippen LogP contribution in [0, 0.1) is 5.92 Å². The molecule has 3 unspecified atom stereocenters. The van der Waals surface area contributed by atoms with Gasteiger partial charge in [-0.15, -0.1) is 0 Å². The van der Waals surface area contributed by atoms with E-state index in [0.29, 0.717) is 24.8 Å². The molecule has 0 heterocycles. The van der Waals surface area contributed by atoms with E-state index in [4.69, 9.17) is 5.11 Å². The van der Waals surface area contributed by atoms with Crippen LogP contribution in [-0.2, 0) is 17.4 Å². The molecule has 0 saturated heterocycles. The zero-order chi connectivity index (χ0) is 19.4. The predicted molar refractivity (Wildman–Crippen MR) is 89.5 cm³/mol. The Morgan fingerprint density at radius 1 is 1.31 bits per heavy atom. The van der Waals surface area contributed by atoms with Crippen molar-refractivity contribution in [2.24, 2.45) is 5.92 Å². The van der Waals surface area contributed by atoms with E-state index in [1.165, 1.54) is 12.1 Å². The lowest BCUT2D eigenvalue weighted by molar-refractivity contribution is -0.144. The molecule has 1 aliphatic carbocycles. The van der Waals surface area contributed by atoms with Gasteiger partial charge in [0.15, 0.2) is 0 Å². The van der Waals surface area contributed by atoms with E-state index in [-0.39, 0.29) is 18.8 Å². The van der Waals surface area contributed by atoms with Crippen LogP contribution in [-0.4, -0.2) is 33.0 Å². The second-order valence-corrected chi connectivity index (χ2v) is 7.00. The Morgan fingerprint density at radius 3 is 2.54 bits per heavy atom. The molecule has 3 atom stereocenters. The number of carbonyl (C=O) groups is 1. The smallest absolute Gasteiger partial charge is 0.416 e. The molecule has 7 heteroatoms. The van der Waals surface area contributed by atoms with Gasteiger partial charge in [-0.1, -0.05) is 24.3 Å². The molecule has 0 radical (unpaired) electrons. The lowest BCUT2D eigenvalue weighted by Crippen LogP contribution is -2.37. The number of hydrogen-bond acceptors (Lipinski definition) is 3. The number of allylic oxidation sites excluding steroid dienone is 1. The maximum Gasteiger partial charge on any atom is 0.416 e. The van der Waals surface area contributed by atoms with Crippen molar-refractivity contribution >= 4 is 5.97 Å². The third-order valence-electron chi connectivity index (χ3n) is 4.67. The first-order chi connectivity index (χ1) is 12.1. The van der Waals surface area contributed by atoms with E-state index in [0.717, 1.165) is 18.6 Å². The summed E-state index contributed by atoms with van der Waals surface area (Å²) in [6.45, 7) is 0. The molecule has 2 rings (SSSR count). The molecule has 26 heavy (non-hydrogen) atoms. The Labute approximate surface area is 150 Å². The average Bonchev–Trinajstić information content (AvgIpc) is 2.51. The minimum absolute atomic E-state index is 0.0321. The molecule has 4 nitrogen and oxygen atoms in total. The molecule has 144 valence electrons. The normalized spacial score (nSPS) is 25.3. The van der Waals surface area contributed by atoms with E-state index < -0.39 is 29.4 Å². The number of alkyl halides is 3. The van der Waals surface area contributed by atoms with E-state index in [2.05, 4.69) is 0 Å². The van der Waals surface area contributed by atoms with Gasteiger partial charge in [0.2, 0.25) is 0 Å². The zero-order valence-corrected chi connectivity index (χ0v) is 14.2. The van der Waals surface area contributed by atoms with Crippen molar-refractivity contribution in [3.63, 3.8) is 0 Å². The Hall–Kier alpha value is -1.86. The summed E-state index contributed by atoms with van der Waals surface area (Å²) < 4.78 is 37.6. The fourth-order valence-corrected chi connectivity index (χ4v) is 3.42. The molecule has 1 aromatic carbocycles. The SMILES string of the molecule is O=C(O)CC1(O)CCCC(/C=C/C(O)Cc2ccc(C(F)(F)F)cc2)C1. The number of carboxylic acids is 1. The van der Waals surface area contributed by atoms with Crippen molar-refractivity contribution in [1.82, 2.24) is 0 Å². The average molecular weight is 372 g/mol. The maximum atomic E-state index is 12.5. The van der Waals surface area contributed by atoms with Crippen molar-refractivity contribution in [2.45, 2.75) is 56.4 Å². The van der Waals surface area contributed by atoms with Crippen molar-refractivity contribution in [1.29, 1.82) is 0 Å². The summed E-state index contributed by atoms with van der Waals surface area (Å²) in [6, 6.07) is 4.65. The molecular formula is C19H23F3O4. The van der Waals surface area contributed by atoms with Gasteiger partial charge in [0.05, 0.1) is 23.7 Å². The fraction of sp³-hybridized carbons (Fsp3) is 0.526. The van der Waals surface area contributed by atoms with Gasteiger partial charge >= 0.3 is 12.1 Å². The highest BCUT2D eigenvalue weighted by Crippen LogP contribution is 2.35. The molecular weight excluding hydrogens is 349 g/mol. The van der Waals surface area contributed by atoms with Gasteiger partial charge in [0.1, 0.15) is 0 Å². The second-order valence-electron chi connectivity index (χ2n) is 7.00. The molecule has 0 aromatic heterocycles. The minimum Gasteiger partial charge on any atom is -0.481 e. The molecule has 0 amide bonds. The van der Waals surface area contributed by atoms with Gasteiger partial charge < -0.3 is 15.3 Å². The van der Waals surface area contributed by atoms with Crippen molar-refractivity contribution in [2.75, 3.05) is 0 Å². The van der Waals surface area contributed by atoms with Crippen LogP contribution in [0.3, 0.4) is 0 Å². The van der Waals surface area contributed by atoms with Crippen molar-refractivity contribution in [3.8, 4) is 0 Å². The third-order valence-corrected chi connectivity index (χ3v) is 4.67. The molecule has 3 N–H and O–H groups in total. The second kappa shape index (κ2) is 8.22. The van der Waals surface area contributed by atoms with Crippen LogP contribution in [0.1, 0.15) is 43.2 Å². The predicted octanol–water partition coefficient (Wildman–Crippen LogP) is 3.56. The van der Waals surface area contributed by atoms with Crippen LogP contribution in [0.15, 0.2) is 36.4 Å². The number of aliphatic hydroxyl groups excluding tert-OH is 1. The summed E-state index contributed by atoms with van der Waals surface area (Å²) in [5.41, 5.74) is -1.37. The molecule has 1 fully saturated rings. The van der Waals surface area contributed by atoms with E-state index >= 15 is 0 Å². The first kappa shape index (κ1) is 20.5. The first-order valence-corrected chi connectivity index (χ1v) is 8.54. The summed E-state index contributed by atoms with van der Waals surface area (Å²) in [7, 11) is 0. The standard InChI is InChI=1S/C19H23F3O4/c20-19(21,22)15-6-3-13(4-7-15)10-16(23)8-5-14-2-1-9-18(26,11-14)12-17(24)25/h3-8,14,16,23,26H,1-2,9-12H2,(H,24,25)/b8-5+. The third kappa shape index (κ3) is 6.14. The van der Waals surface area contributed by atoms with Gasteiger partial charge in [-0.2, -0.15) is 13.2 Å². The van der Waals surface area contributed by atoms with Crippen LogP contribution in [0.2, 0.25) is 0 Å². The molecule has 1 saturated carbocycles. The topological polar surface area (TPSA) is 77.8 Å². The van der Waals surface area contributed by atoms with E-state index in [1.54, 1.807) is 12.2 Å². The Bertz CT molecular complexity index is 639. The van der Waals surface area contributed by atoms with Crippen LogP contribution in [0.4, 0.5) is 13.2 Å².